The molecule has 0 unspecified atom stereocenters. The van der Waals surface area contributed by atoms with Gasteiger partial charge in [-0.05, 0) is 62.3 Å². The fourth-order valence-electron chi connectivity index (χ4n) is 2.92. The molecule has 2 rings (SSSR count). The van der Waals surface area contributed by atoms with Crippen molar-refractivity contribution in [1.29, 1.82) is 0 Å². The third-order valence-corrected chi connectivity index (χ3v) is 5.45. The summed E-state index contributed by atoms with van der Waals surface area (Å²) in [5, 5.41) is 43.5. The van der Waals surface area contributed by atoms with Gasteiger partial charge in [-0.25, -0.2) is 0 Å². The first-order valence-electron chi connectivity index (χ1n) is 11.2. The van der Waals surface area contributed by atoms with Crippen LogP contribution in [0.4, 0.5) is 0 Å². The summed E-state index contributed by atoms with van der Waals surface area (Å²) < 4.78 is 1.23. The average Bonchev–Trinajstić information content (AvgIpc) is 2.67. The van der Waals surface area contributed by atoms with Crippen molar-refractivity contribution in [3.63, 3.8) is 0 Å². The van der Waals surface area contributed by atoms with Crippen LogP contribution in [-0.2, 0) is 34.8 Å². The summed E-state index contributed by atoms with van der Waals surface area (Å²) in [6, 6.07) is 7.59. The van der Waals surface area contributed by atoms with Gasteiger partial charge in [0.2, 0.25) is 0 Å². The fourth-order valence-corrected chi connectivity index (χ4v) is 4.15. The Bertz CT molecular complexity index is 806. The summed E-state index contributed by atoms with van der Waals surface area (Å²) >= 11 is 6.66. The number of aryl methyl sites for hydroxylation is 2. The Morgan fingerprint density at radius 2 is 0.943 bits per heavy atom. The SMILES string of the molecule is CC(C)[O-].CC(C)[O-].Cc1cc(Br)c([O-])c(CN(C)CCN(C)Cc2cc(C)cc(Br)c2[O-])c1.[Ti+4]. The molecular weight excluding hydrogens is 612 g/mol. The molecule has 9 heteroatoms. The summed E-state index contributed by atoms with van der Waals surface area (Å²) in [4.78, 5) is 4.26. The van der Waals surface area contributed by atoms with Crippen molar-refractivity contribution in [3.8, 4) is 11.5 Å². The van der Waals surface area contributed by atoms with Crippen LogP contribution in [0.25, 0.3) is 0 Å². The Labute approximate surface area is 243 Å². The second-order valence-electron chi connectivity index (χ2n) is 9.04. The maximum Gasteiger partial charge on any atom is 4.00 e. The van der Waals surface area contributed by atoms with Crippen molar-refractivity contribution in [2.24, 2.45) is 0 Å². The van der Waals surface area contributed by atoms with Gasteiger partial charge in [0, 0.05) is 35.1 Å². The van der Waals surface area contributed by atoms with E-state index in [1.165, 1.54) is 0 Å². The molecule has 0 saturated carbocycles. The van der Waals surface area contributed by atoms with Crippen molar-refractivity contribution >= 4 is 31.9 Å². The van der Waals surface area contributed by atoms with Gasteiger partial charge in [0.05, 0.1) is 0 Å². The summed E-state index contributed by atoms with van der Waals surface area (Å²) in [6.07, 6.45) is -0.833. The van der Waals surface area contributed by atoms with Crippen LogP contribution in [0.15, 0.2) is 33.2 Å². The van der Waals surface area contributed by atoms with E-state index in [4.69, 9.17) is 0 Å². The molecule has 0 atom stereocenters. The monoisotopic (exact) mass is 648 g/mol. The zero-order valence-corrected chi connectivity index (χ0v) is 26.8. The van der Waals surface area contributed by atoms with Crippen LogP contribution < -0.4 is 20.4 Å². The van der Waals surface area contributed by atoms with Crippen LogP contribution in [0, 0.1) is 13.8 Å². The summed E-state index contributed by atoms with van der Waals surface area (Å²) in [6.45, 7) is 13.3. The largest absolute Gasteiger partial charge is 4.00 e. The smallest absolute Gasteiger partial charge is 0.871 e. The fraction of sp³-hybridized carbons (Fsp3) is 0.538. The van der Waals surface area contributed by atoms with Crippen molar-refractivity contribution in [3.05, 3.63) is 55.5 Å². The van der Waals surface area contributed by atoms with Crippen molar-refractivity contribution in [2.75, 3.05) is 27.2 Å². The zero-order chi connectivity index (χ0) is 26.6. The molecule has 0 fully saturated rings. The normalized spacial score (nSPS) is 10.6. The first kappa shape index (κ1) is 36.7. The topological polar surface area (TPSA) is 98.7 Å². The molecule has 0 heterocycles. The van der Waals surface area contributed by atoms with Crippen molar-refractivity contribution < 1.29 is 42.1 Å². The molecule has 0 saturated heterocycles. The molecule has 0 aliphatic rings. The molecule has 0 radical (unpaired) electrons. The summed E-state index contributed by atoms with van der Waals surface area (Å²) in [5.74, 6) is 0.104. The van der Waals surface area contributed by atoms with Crippen LogP contribution in [0.3, 0.4) is 0 Å². The van der Waals surface area contributed by atoms with Crippen LogP contribution in [0.5, 0.6) is 11.5 Å². The minimum Gasteiger partial charge on any atom is -0.871 e. The van der Waals surface area contributed by atoms with E-state index < -0.39 is 12.2 Å². The second-order valence-corrected chi connectivity index (χ2v) is 10.8. The Morgan fingerprint density at radius 3 is 1.20 bits per heavy atom. The molecule has 0 aromatic heterocycles. The molecule has 0 spiro atoms. The van der Waals surface area contributed by atoms with Gasteiger partial charge in [0.1, 0.15) is 0 Å². The molecular formula is C26H38Br2N2O4Ti. The number of halogens is 2. The first-order chi connectivity index (χ1) is 15.6. The van der Waals surface area contributed by atoms with E-state index in [1.54, 1.807) is 27.7 Å². The summed E-state index contributed by atoms with van der Waals surface area (Å²) in [7, 11) is 4.01. The predicted octanol–water partition coefficient (Wildman–Crippen LogP) is 3.05. The van der Waals surface area contributed by atoms with E-state index >= 15 is 0 Å². The molecule has 0 aliphatic carbocycles. The third kappa shape index (κ3) is 16.8. The van der Waals surface area contributed by atoms with Crippen LogP contribution >= 0.6 is 31.9 Å². The molecule has 0 bridgehead atoms. The maximum absolute atomic E-state index is 12.2. The maximum atomic E-state index is 12.2. The molecule has 2 aromatic rings. The number of likely N-dealkylation sites (N-methyl/N-ethyl adjacent to an activating group) is 2. The van der Waals surface area contributed by atoms with Gasteiger partial charge in [-0.1, -0.05) is 83.2 Å². The Hall–Kier alpha value is -0.446. The van der Waals surface area contributed by atoms with Gasteiger partial charge in [0.15, 0.2) is 0 Å². The molecule has 6 nitrogen and oxygen atoms in total. The van der Waals surface area contributed by atoms with E-state index in [1.807, 2.05) is 52.2 Å². The Morgan fingerprint density at radius 1 is 0.686 bits per heavy atom. The first-order valence-corrected chi connectivity index (χ1v) is 12.8. The predicted molar refractivity (Wildman–Crippen MR) is 140 cm³/mol. The molecule has 2 aromatic carbocycles. The Kier molecular flexibility index (Phi) is 19.7. The van der Waals surface area contributed by atoms with Crippen LogP contribution in [0.1, 0.15) is 49.9 Å². The second kappa shape index (κ2) is 18.7. The van der Waals surface area contributed by atoms with E-state index in [-0.39, 0.29) is 33.2 Å². The van der Waals surface area contributed by atoms with E-state index in [2.05, 4.69) is 41.7 Å². The van der Waals surface area contributed by atoms with E-state index in [0.29, 0.717) is 22.0 Å². The third-order valence-electron chi connectivity index (χ3n) is 4.27. The molecule has 194 valence electrons. The van der Waals surface area contributed by atoms with Crippen molar-refractivity contribution in [2.45, 2.75) is 66.8 Å². The number of hydrogen-bond acceptors (Lipinski definition) is 6. The van der Waals surface area contributed by atoms with Crippen LogP contribution in [-0.4, -0.2) is 49.2 Å². The van der Waals surface area contributed by atoms with Gasteiger partial charge in [-0.3, -0.25) is 0 Å². The molecule has 35 heavy (non-hydrogen) atoms. The minimum atomic E-state index is -0.417. The number of benzene rings is 2. The van der Waals surface area contributed by atoms with Gasteiger partial charge in [0.25, 0.3) is 0 Å². The standard InChI is InChI=1S/C20H26Br2N2O2.2C3H7O.Ti/c1-13-7-15(19(25)17(21)9-13)11-23(3)5-6-24(4)12-16-8-14(2)10-18(22)20(16)26;2*1-3(2)4;/h7-10,25-26H,5-6,11-12H2,1-4H3;2*3H,1-2H3;/q;2*-1;+4/p-2. The number of hydrogen-bond donors (Lipinski definition) is 0. The minimum absolute atomic E-state index is 0. The number of rotatable bonds is 7. The van der Waals surface area contributed by atoms with E-state index in [9.17, 15) is 20.4 Å². The van der Waals surface area contributed by atoms with Gasteiger partial charge >= 0.3 is 21.7 Å². The molecule has 0 aliphatic heterocycles. The van der Waals surface area contributed by atoms with Gasteiger partial charge < -0.3 is 30.2 Å². The van der Waals surface area contributed by atoms with Gasteiger partial charge in [-0.15, -0.1) is 12.2 Å². The van der Waals surface area contributed by atoms with E-state index in [0.717, 1.165) is 35.3 Å². The average molecular weight is 650 g/mol. The van der Waals surface area contributed by atoms with Crippen molar-refractivity contribution in [1.82, 2.24) is 9.80 Å². The Balaban J connectivity index is 0. The quantitative estimate of drug-likeness (QED) is 0.428. The zero-order valence-electron chi connectivity index (χ0n) is 22.1. The number of nitrogens with zero attached hydrogens (tertiary/aromatic N) is 2. The molecule has 0 N–H and O–H groups in total. The molecule has 0 amide bonds. The summed E-state index contributed by atoms with van der Waals surface area (Å²) in [5.41, 5.74) is 3.74. The van der Waals surface area contributed by atoms with Gasteiger partial charge in [-0.2, -0.15) is 0 Å². The van der Waals surface area contributed by atoms with Crippen LogP contribution in [0.2, 0.25) is 0 Å².